The molecule has 2 saturated heterocycles. The van der Waals surface area contributed by atoms with E-state index >= 15 is 0 Å². The van der Waals surface area contributed by atoms with Gasteiger partial charge in [-0.3, -0.25) is 14.4 Å². The maximum absolute atomic E-state index is 14.4. The molecule has 3 aromatic rings. The zero-order chi connectivity index (χ0) is 28.4. The Morgan fingerprint density at radius 1 is 0.927 bits per heavy atom. The van der Waals surface area contributed by atoms with Crippen molar-refractivity contribution in [1.82, 2.24) is 24.8 Å². The lowest BCUT2D eigenvalue weighted by molar-refractivity contribution is -0.152. The number of ether oxygens (including phenoxy) is 1. The molecule has 4 aliphatic rings. The van der Waals surface area contributed by atoms with Crippen LogP contribution in [0, 0.1) is 11.8 Å². The normalized spacial score (nSPS) is 30.9. The first-order chi connectivity index (χ1) is 19.9. The molecule has 1 unspecified atom stereocenters. The molecule has 11 nitrogen and oxygen atoms in total. The smallest absolute Gasteiger partial charge is 0.250 e. The fourth-order valence-electron chi connectivity index (χ4n) is 7.07. The molecule has 41 heavy (non-hydrogen) atoms. The van der Waals surface area contributed by atoms with Crippen LogP contribution >= 0.6 is 0 Å². The second-order valence-corrected chi connectivity index (χ2v) is 11.1. The molecule has 5 atom stereocenters. The SMILES string of the molecule is C[C@]12C=CCN(c3ccccc3)C(=O)[C@H]1[C@H]1C(=O)N(CCO)C3C(=O)N(Cn4nnc5ccccc54)CC=C[C@@]31O2. The van der Waals surface area contributed by atoms with Crippen molar-refractivity contribution in [2.75, 3.05) is 31.1 Å². The van der Waals surface area contributed by atoms with E-state index in [0.717, 1.165) is 11.2 Å². The fourth-order valence-corrected chi connectivity index (χ4v) is 7.07. The van der Waals surface area contributed by atoms with Crippen LogP contribution in [-0.2, 0) is 25.8 Å². The number of para-hydroxylation sites is 2. The topological polar surface area (TPSA) is 121 Å². The van der Waals surface area contributed by atoms with Gasteiger partial charge in [0.25, 0.3) is 5.91 Å². The highest BCUT2D eigenvalue weighted by Crippen LogP contribution is 2.57. The zero-order valence-electron chi connectivity index (χ0n) is 22.5. The van der Waals surface area contributed by atoms with E-state index in [1.807, 2.05) is 79.7 Å². The van der Waals surface area contributed by atoms with Gasteiger partial charge in [-0.15, -0.1) is 5.10 Å². The molecule has 4 aliphatic heterocycles. The van der Waals surface area contributed by atoms with E-state index in [2.05, 4.69) is 10.3 Å². The molecule has 1 spiro atoms. The molecule has 1 aromatic heterocycles. The number of carbonyl (C=O) groups excluding carboxylic acids is 3. The second-order valence-electron chi connectivity index (χ2n) is 11.1. The van der Waals surface area contributed by atoms with Crippen LogP contribution in [-0.4, -0.2) is 91.1 Å². The predicted octanol–water partition coefficient (Wildman–Crippen LogP) is 1.35. The third-order valence-corrected chi connectivity index (χ3v) is 8.77. The highest BCUT2D eigenvalue weighted by Gasteiger charge is 2.74. The Labute approximate surface area is 236 Å². The third-order valence-electron chi connectivity index (χ3n) is 8.77. The van der Waals surface area contributed by atoms with Gasteiger partial charge in [-0.25, -0.2) is 4.68 Å². The summed E-state index contributed by atoms with van der Waals surface area (Å²) in [4.78, 5) is 47.5. The van der Waals surface area contributed by atoms with Crippen molar-refractivity contribution in [3.63, 3.8) is 0 Å². The maximum atomic E-state index is 14.4. The number of hydrogen-bond acceptors (Lipinski definition) is 7. The van der Waals surface area contributed by atoms with Gasteiger partial charge in [0, 0.05) is 25.3 Å². The minimum atomic E-state index is -1.39. The van der Waals surface area contributed by atoms with Gasteiger partial charge in [-0.05, 0) is 31.2 Å². The maximum Gasteiger partial charge on any atom is 0.250 e. The van der Waals surface area contributed by atoms with E-state index in [0.29, 0.717) is 12.1 Å². The quantitative estimate of drug-likeness (QED) is 0.473. The van der Waals surface area contributed by atoms with Crippen LogP contribution in [0.5, 0.6) is 0 Å². The first-order valence-corrected chi connectivity index (χ1v) is 13.8. The molecule has 0 aliphatic carbocycles. The molecule has 3 amide bonds. The van der Waals surface area contributed by atoms with Crippen LogP contribution < -0.4 is 4.90 Å². The van der Waals surface area contributed by atoms with Crippen molar-refractivity contribution >= 4 is 34.4 Å². The summed E-state index contributed by atoms with van der Waals surface area (Å²) in [6.07, 6.45) is 7.37. The molecule has 0 saturated carbocycles. The minimum absolute atomic E-state index is 0.0549. The van der Waals surface area contributed by atoms with Crippen LogP contribution in [0.15, 0.2) is 78.9 Å². The average molecular weight is 555 g/mol. The molecule has 2 aromatic carbocycles. The number of anilines is 1. The lowest BCUT2D eigenvalue weighted by Gasteiger charge is -2.37. The van der Waals surface area contributed by atoms with Crippen LogP contribution in [0.2, 0.25) is 0 Å². The molecule has 210 valence electrons. The second kappa shape index (κ2) is 9.35. The number of nitrogens with zero attached hydrogens (tertiary/aromatic N) is 6. The molecular weight excluding hydrogens is 524 g/mol. The van der Waals surface area contributed by atoms with Gasteiger partial charge in [-0.1, -0.05) is 59.8 Å². The van der Waals surface area contributed by atoms with Crippen molar-refractivity contribution in [2.45, 2.75) is 30.8 Å². The van der Waals surface area contributed by atoms with E-state index in [4.69, 9.17) is 4.74 Å². The van der Waals surface area contributed by atoms with Gasteiger partial charge >= 0.3 is 0 Å². The molecule has 5 heterocycles. The summed E-state index contributed by atoms with van der Waals surface area (Å²) in [7, 11) is 0. The molecule has 7 rings (SSSR count). The third kappa shape index (κ3) is 3.69. The molecule has 0 bridgehead atoms. The van der Waals surface area contributed by atoms with Crippen LogP contribution in [0.3, 0.4) is 0 Å². The number of benzene rings is 2. The van der Waals surface area contributed by atoms with Crippen LogP contribution in [0.1, 0.15) is 6.92 Å². The van der Waals surface area contributed by atoms with E-state index in [-0.39, 0.29) is 44.1 Å². The van der Waals surface area contributed by atoms with Crippen molar-refractivity contribution in [1.29, 1.82) is 0 Å². The minimum Gasteiger partial charge on any atom is -0.395 e. The first kappa shape index (κ1) is 25.6. The van der Waals surface area contributed by atoms with Gasteiger partial charge in [-0.2, -0.15) is 0 Å². The number of β-amino-alcohol motifs (C(OH)–C–C–N with tert-alkyl or cyclic N) is 1. The van der Waals surface area contributed by atoms with Gasteiger partial charge in [0.2, 0.25) is 11.8 Å². The van der Waals surface area contributed by atoms with Gasteiger partial charge in [0.15, 0.2) is 0 Å². The molecule has 11 heteroatoms. The summed E-state index contributed by atoms with van der Waals surface area (Å²) in [5, 5.41) is 18.4. The van der Waals surface area contributed by atoms with Crippen LogP contribution in [0.4, 0.5) is 5.69 Å². The van der Waals surface area contributed by atoms with Gasteiger partial charge < -0.3 is 24.5 Å². The number of aliphatic hydroxyl groups is 1. The monoisotopic (exact) mass is 554 g/mol. The molecule has 0 radical (unpaired) electrons. The number of aromatic nitrogens is 3. The summed E-state index contributed by atoms with van der Waals surface area (Å²) in [5.41, 5.74) is -0.298. The molecular formula is C30H30N6O5. The van der Waals surface area contributed by atoms with Gasteiger partial charge in [0.05, 0.1) is 29.6 Å². The number of fused-ring (bicyclic) bond motifs is 3. The van der Waals surface area contributed by atoms with Crippen molar-refractivity contribution < 1.29 is 24.2 Å². The van der Waals surface area contributed by atoms with Crippen molar-refractivity contribution in [2.24, 2.45) is 11.8 Å². The summed E-state index contributed by atoms with van der Waals surface area (Å²) >= 11 is 0. The van der Waals surface area contributed by atoms with Gasteiger partial charge in [0.1, 0.15) is 23.8 Å². The lowest BCUT2D eigenvalue weighted by Crippen LogP contribution is -2.56. The number of hydrogen-bond donors (Lipinski definition) is 1. The highest BCUT2D eigenvalue weighted by molar-refractivity contribution is 6.04. The standard InChI is InChI=1S/C30H30N6O5/c1-29-13-7-16-34(20-9-3-2-4-10-20)26(38)23(29)24-27(39)35(17-18-37)25-28(40)33(15-8-14-30(24,25)41-29)19-36-22-12-6-5-11-21(22)31-32-36/h2-14,23-25,37H,15-19H2,1H3/t23-,24+,25?,29+,30+/m1/s1. The Balaban J connectivity index is 1.29. The zero-order valence-corrected chi connectivity index (χ0v) is 22.5. The van der Waals surface area contributed by atoms with E-state index in [9.17, 15) is 19.5 Å². The van der Waals surface area contributed by atoms with Crippen LogP contribution in [0.25, 0.3) is 11.0 Å². The van der Waals surface area contributed by atoms with Crippen molar-refractivity contribution in [3.8, 4) is 0 Å². The largest absolute Gasteiger partial charge is 0.395 e. The predicted molar refractivity (Wildman–Crippen MR) is 148 cm³/mol. The summed E-state index contributed by atoms with van der Waals surface area (Å²) in [6, 6.07) is 15.8. The Bertz CT molecular complexity index is 1600. The molecule has 1 N–H and O–H groups in total. The Morgan fingerprint density at radius 3 is 2.49 bits per heavy atom. The Kier molecular flexibility index (Phi) is 5.84. The van der Waals surface area contributed by atoms with E-state index < -0.39 is 29.1 Å². The Hall–Kier alpha value is -4.35. The summed E-state index contributed by atoms with van der Waals surface area (Å²) < 4.78 is 8.45. The summed E-state index contributed by atoms with van der Waals surface area (Å²) in [5.74, 6) is -2.77. The number of likely N-dealkylation sites (tertiary alicyclic amines) is 1. The summed E-state index contributed by atoms with van der Waals surface area (Å²) in [6.45, 7) is 2.14. The number of carbonyl (C=O) groups is 3. The average Bonchev–Trinajstić information content (AvgIpc) is 3.50. The van der Waals surface area contributed by atoms with E-state index in [1.165, 1.54) is 4.90 Å². The highest BCUT2D eigenvalue weighted by atomic mass is 16.5. The lowest BCUT2D eigenvalue weighted by atomic mass is 9.74. The fraction of sp³-hybridized carbons (Fsp3) is 0.367. The number of aliphatic hydroxyl groups excluding tert-OH is 1. The first-order valence-electron chi connectivity index (χ1n) is 13.8. The Morgan fingerprint density at radius 2 is 1.68 bits per heavy atom. The van der Waals surface area contributed by atoms with Crippen molar-refractivity contribution in [3.05, 3.63) is 78.9 Å². The van der Waals surface area contributed by atoms with E-state index in [1.54, 1.807) is 20.6 Å². The number of amides is 3. The number of rotatable bonds is 5. The molecule has 2 fully saturated rings.